The van der Waals surface area contributed by atoms with E-state index >= 15 is 0 Å². The molecule has 0 bridgehead atoms. The van der Waals surface area contributed by atoms with Crippen molar-refractivity contribution in [2.24, 2.45) is 0 Å². The number of nitrogens with one attached hydrogen (secondary N) is 1. The summed E-state index contributed by atoms with van der Waals surface area (Å²) >= 11 is 3.29. The Hall–Kier alpha value is -2.01. The van der Waals surface area contributed by atoms with Crippen molar-refractivity contribution in [1.29, 1.82) is 0 Å². The summed E-state index contributed by atoms with van der Waals surface area (Å²) in [6, 6.07) is 0. The molecule has 11 heteroatoms. The number of esters is 2. The van der Waals surface area contributed by atoms with Crippen LogP contribution in [0.1, 0.15) is 32.9 Å². The van der Waals surface area contributed by atoms with E-state index in [4.69, 9.17) is 14.2 Å². The first-order chi connectivity index (χ1) is 12.3. The Kier molecular flexibility index (Phi) is 6.70. The summed E-state index contributed by atoms with van der Waals surface area (Å²) in [5.74, 6) is -2.16. The number of ether oxygens (including phenoxy) is 3. The maximum absolute atomic E-state index is 13.6. The normalized spacial score (nSPS) is 25.1. The molecule has 1 saturated heterocycles. The smallest absolute Gasteiger partial charge is 0.330 e. The van der Waals surface area contributed by atoms with Crippen molar-refractivity contribution in [3.63, 3.8) is 0 Å². The second-order valence-corrected chi connectivity index (χ2v) is 6.56. The number of nitrogens with zero attached hydrogens (tertiary/aromatic N) is 1. The van der Waals surface area contributed by atoms with E-state index in [9.17, 15) is 23.6 Å². The molecule has 1 aliphatic rings. The first-order valence-electron chi connectivity index (χ1n) is 7.94. The molecule has 9 nitrogen and oxygen atoms in total. The molecular weight excluding hydrogens is 419 g/mol. The first-order valence-corrected chi connectivity index (χ1v) is 8.85. The van der Waals surface area contributed by atoms with E-state index in [-0.39, 0.29) is 19.4 Å². The molecule has 0 aliphatic carbocycles. The van der Waals surface area contributed by atoms with E-state index in [1.54, 1.807) is 13.8 Å². The Morgan fingerprint density at radius 2 is 1.96 bits per heavy atom. The molecule has 1 aromatic rings. The van der Waals surface area contributed by atoms with E-state index in [0.717, 1.165) is 4.57 Å². The molecule has 144 valence electrons. The van der Waals surface area contributed by atoms with Crippen molar-refractivity contribution in [2.45, 2.75) is 50.0 Å². The monoisotopic (exact) mass is 436 g/mol. The molecule has 0 unspecified atom stereocenters. The zero-order valence-electron chi connectivity index (χ0n) is 14.1. The lowest BCUT2D eigenvalue weighted by atomic mass is 10.2. The Bertz CT molecular complexity index is 793. The molecule has 0 amide bonds. The van der Waals surface area contributed by atoms with Crippen molar-refractivity contribution in [3.05, 3.63) is 32.9 Å². The van der Waals surface area contributed by atoms with Crippen LogP contribution in [0.2, 0.25) is 0 Å². The fourth-order valence-corrected chi connectivity index (χ4v) is 3.18. The second kappa shape index (κ2) is 8.58. The van der Waals surface area contributed by atoms with E-state index in [1.165, 1.54) is 0 Å². The quantitative estimate of drug-likeness (QED) is 0.512. The van der Waals surface area contributed by atoms with Crippen LogP contribution in [0.15, 0.2) is 15.8 Å². The minimum absolute atomic E-state index is 0.107. The molecule has 4 atom stereocenters. The van der Waals surface area contributed by atoms with Crippen LogP contribution in [0.3, 0.4) is 0 Å². The van der Waals surface area contributed by atoms with Crippen LogP contribution in [0.5, 0.6) is 0 Å². The van der Waals surface area contributed by atoms with Crippen LogP contribution in [0.25, 0.3) is 0 Å². The topological polar surface area (TPSA) is 117 Å². The number of aromatic amines is 1. The molecule has 0 spiro atoms. The summed E-state index contributed by atoms with van der Waals surface area (Å²) in [7, 11) is 0. The van der Waals surface area contributed by atoms with Gasteiger partial charge in [-0.2, -0.15) is 4.39 Å². The van der Waals surface area contributed by atoms with Crippen molar-refractivity contribution in [1.82, 2.24) is 9.55 Å². The van der Waals surface area contributed by atoms with Crippen LogP contribution in [0.4, 0.5) is 4.39 Å². The Balaban J connectivity index is 2.30. The minimum atomic E-state index is -1.17. The van der Waals surface area contributed by atoms with Gasteiger partial charge in [0.25, 0.3) is 5.56 Å². The summed E-state index contributed by atoms with van der Waals surface area (Å²) < 4.78 is 30.4. The SMILES string of the molecule is CCC(=O)OC[C@@H]1O[C@H](n2cc(F)c(=O)[nH]c2=O)[C@@H](Br)[C@@H]1OC(=O)CC. The molecule has 0 aromatic carbocycles. The molecule has 1 fully saturated rings. The van der Waals surface area contributed by atoms with Crippen LogP contribution in [0, 0.1) is 5.82 Å². The van der Waals surface area contributed by atoms with Gasteiger partial charge in [0, 0.05) is 12.8 Å². The Morgan fingerprint density at radius 1 is 1.31 bits per heavy atom. The summed E-state index contributed by atoms with van der Waals surface area (Å²) in [5.41, 5.74) is -2.05. The summed E-state index contributed by atoms with van der Waals surface area (Å²) in [6.45, 7) is 3.01. The molecule has 1 aromatic heterocycles. The summed E-state index contributed by atoms with van der Waals surface area (Å²) in [5, 5.41) is 0. The fourth-order valence-electron chi connectivity index (χ4n) is 2.35. The number of hydrogen-bond acceptors (Lipinski definition) is 7. The van der Waals surface area contributed by atoms with Crippen LogP contribution < -0.4 is 11.2 Å². The third-order valence-corrected chi connectivity index (χ3v) is 4.69. The zero-order valence-corrected chi connectivity index (χ0v) is 15.7. The van der Waals surface area contributed by atoms with Gasteiger partial charge in [-0.05, 0) is 0 Å². The average molecular weight is 437 g/mol. The van der Waals surface area contributed by atoms with Gasteiger partial charge in [0.15, 0.2) is 6.23 Å². The van der Waals surface area contributed by atoms with Gasteiger partial charge in [-0.3, -0.25) is 23.9 Å². The average Bonchev–Trinajstić information content (AvgIpc) is 2.91. The van der Waals surface area contributed by atoms with Crippen molar-refractivity contribution < 1.29 is 28.2 Å². The molecule has 2 heterocycles. The van der Waals surface area contributed by atoms with Gasteiger partial charge in [0.05, 0.1) is 11.0 Å². The number of carbonyl (C=O) groups excluding carboxylic acids is 2. The summed E-state index contributed by atoms with van der Waals surface area (Å²) in [6.07, 6.45) is -1.89. The first kappa shape index (κ1) is 20.3. The number of H-pyrrole nitrogens is 1. The second-order valence-electron chi connectivity index (χ2n) is 5.50. The van der Waals surface area contributed by atoms with Gasteiger partial charge < -0.3 is 14.2 Å². The minimum Gasteiger partial charge on any atom is -0.463 e. The number of aromatic nitrogens is 2. The molecule has 2 rings (SSSR count). The molecule has 1 aliphatic heterocycles. The van der Waals surface area contributed by atoms with Gasteiger partial charge in [-0.15, -0.1) is 0 Å². The highest BCUT2D eigenvalue weighted by Gasteiger charge is 2.47. The molecular formula is C15H18BrFN2O7. The van der Waals surface area contributed by atoms with Crippen LogP contribution in [-0.4, -0.2) is 45.1 Å². The third-order valence-electron chi connectivity index (χ3n) is 3.72. The number of halogens is 2. The third kappa shape index (κ3) is 4.39. The zero-order chi connectivity index (χ0) is 19.4. The van der Waals surface area contributed by atoms with Gasteiger partial charge >= 0.3 is 17.6 Å². The number of rotatable bonds is 6. The van der Waals surface area contributed by atoms with Gasteiger partial charge in [0.1, 0.15) is 18.8 Å². The van der Waals surface area contributed by atoms with Gasteiger partial charge in [-0.25, -0.2) is 4.79 Å². The van der Waals surface area contributed by atoms with E-state index in [1.807, 2.05) is 4.98 Å². The lowest BCUT2D eigenvalue weighted by Crippen LogP contribution is -2.38. The van der Waals surface area contributed by atoms with E-state index in [0.29, 0.717) is 6.20 Å². The Labute approximate surface area is 155 Å². The highest BCUT2D eigenvalue weighted by molar-refractivity contribution is 9.09. The lowest BCUT2D eigenvalue weighted by molar-refractivity contribution is -0.157. The molecule has 26 heavy (non-hydrogen) atoms. The predicted octanol–water partition coefficient (Wildman–Crippen LogP) is 0.612. The van der Waals surface area contributed by atoms with Crippen molar-refractivity contribution in [2.75, 3.05) is 6.61 Å². The fraction of sp³-hybridized carbons (Fsp3) is 0.600. The highest BCUT2D eigenvalue weighted by atomic mass is 79.9. The van der Waals surface area contributed by atoms with Crippen LogP contribution in [-0.2, 0) is 23.8 Å². The summed E-state index contributed by atoms with van der Waals surface area (Å²) in [4.78, 5) is 47.3. The maximum Gasteiger partial charge on any atom is 0.330 e. The Morgan fingerprint density at radius 3 is 2.58 bits per heavy atom. The molecule has 0 saturated carbocycles. The standard InChI is InChI=1S/C15H18BrFN2O7/c1-3-9(20)24-6-8-12(26-10(21)4-2)11(16)14(25-8)19-5-7(17)13(22)18-15(19)23/h5,8,11-12,14H,3-4,6H2,1-2H3,(H,18,22,23)/t8-,11-,12+,14-/m0/s1. The van der Waals surface area contributed by atoms with Gasteiger partial charge in [-0.1, -0.05) is 29.8 Å². The highest BCUT2D eigenvalue weighted by Crippen LogP contribution is 2.36. The number of alkyl halides is 1. The van der Waals surface area contributed by atoms with Crippen molar-refractivity contribution in [3.8, 4) is 0 Å². The van der Waals surface area contributed by atoms with Crippen LogP contribution >= 0.6 is 15.9 Å². The molecule has 1 N–H and O–H groups in total. The number of carbonyl (C=O) groups is 2. The lowest BCUT2D eigenvalue weighted by Gasteiger charge is -2.20. The van der Waals surface area contributed by atoms with Gasteiger partial charge in [0.2, 0.25) is 5.82 Å². The predicted molar refractivity (Wildman–Crippen MR) is 89.3 cm³/mol. The number of hydrogen-bond donors (Lipinski definition) is 1. The maximum atomic E-state index is 13.6. The van der Waals surface area contributed by atoms with Crippen molar-refractivity contribution >= 4 is 27.9 Å². The molecule has 0 radical (unpaired) electrons. The van der Waals surface area contributed by atoms with E-state index < -0.39 is 52.3 Å². The largest absolute Gasteiger partial charge is 0.463 e. The van der Waals surface area contributed by atoms with E-state index in [2.05, 4.69) is 15.9 Å².